The average molecular weight is 285 g/mol. The molecule has 0 radical (unpaired) electrons. The standard InChI is InChI=1S/C18H40N2/c1-4-6-8-9-10-13-18(3,12-7-5-2)14-11-16-20-17-15-19/h20H,4-17,19H2,1-3H3. The molecule has 0 aliphatic heterocycles. The fourth-order valence-electron chi connectivity index (χ4n) is 3.00. The van der Waals surface area contributed by atoms with Crippen LogP contribution in [-0.2, 0) is 0 Å². The molecule has 0 aromatic heterocycles. The quantitative estimate of drug-likeness (QED) is 0.421. The van der Waals surface area contributed by atoms with E-state index in [-0.39, 0.29) is 0 Å². The van der Waals surface area contributed by atoms with Gasteiger partial charge < -0.3 is 11.1 Å². The molecule has 0 amide bonds. The molecule has 0 aromatic carbocycles. The SMILES string of the molecule is CCCCCCCC(C)(CCCC)CCCNCCN. The second kappa shape index (κ2) is 13.9. The van der Waals surface area contributed by atoms with Gasteiger partial charge in [0.05, 0.1) is 0 Å². The van der Waals surface area contributed by atoms with Crippen LogP contribution in [0, 0.1) is 5.41 Å². The highest BCUT2D eigenvalue weighted by molar-refractivity contribution is 4.75. The highest BCUT2D eigenvalue weighted by atomic mass is 14.9. The Bertz CT molecular complexity index is 178. The Balaban J connectivity index is 3.88. The van der Waals surface area contributed by atoms with E-state index in [0.29, 0.717) is 5.41 Å². The smallest absolute Gasteiger partial charge is 0.00745 e. The zero-order chi connectivity index (χ0) is 15.1. The van der Waals surface area contributed by atoms with Crippen molar-refractivity contribution in [2.24, 2.45) is 11.1 Å². The molecule has 0 saturated heterocycles. The molecular weight excluding hydrogens is 244 g/mol. The predicted octanol–water partition coefficient (Wildman–Crippen LogP) is 4.87. The lowest BCUT2D eigenvalue weighted by atomic mass is 9.76. The molecular formula is C18H40N2. The van der Waals surface area contributed by atoms with E-state index in [4.69, 9.17) is 5.73 Å². The molecule has 2 heteroatoms. The second-order valence-corrected chi connectivity index (χ2v) is 6.72. The van der Waals surface area contributed by atoms with Gasteiger partial charge in [0.15, 0.2) is 0 Å². The van der Waals surface area contributed by atoms with Crippen LogP contribution in [0.5, 0.6) is 0 Å². The molecule has 0 aromatic rings. The minimum atomic E-state index is 0.576. The summed E-state index contributed by atoms with van der Waals surface area (Å²) in [6.07, 6.45) is 15.3. The molecule has 20 heavy (non-hydrogen) atoms. The number of hydrogen-bond donors (Lipinski definition) is 2. The van der Waals surface area contributed by atoms with Gasteiger partial charge in [-0.3, -0.25) is 0 Å². The van der Waals surface area contributed by atoms with Crippen LogP contribution in [0.2, 0.25) is 0 Å². The predicted molar refractivity (Wildman–Crippen MR) is 92.2 cm³/mol. The van der Waals surface area contributed by atoms with Crippen molar-refractivity contribution in [2.45, 2.75) is 91.4 Å². The molecule has 0 fully saturated rings. The number of nitrogens with two attached hydrogens (primary N) is 1. The van der Waals surface area contributed by atoms with E-state index in [1.807, 2.05) is 0 Å². The van der Waals surface area contributed by atoms with Crippen molar-refractivity contribution in [2.75, 3.05) is 19.6 Å². The minimum Gasteiger partial charge on any atom is -0.329 e. The Morgan fingerprint density at radius 3 is 2.00 bits per heavy atom. The fourth-order valence-corrected chi connectivity index (χ4v) is 3.00. The normalized spacial score (nSPS) is 14.4. The van der Waals surface area contributed by atoms with E-state index in [1.54, 1.807) is 0 Å². The number of nitrogens with one attached hydrogen (secondary N) is 1. The summed E-state index contributed by atoms with van der Waals surface area (Å²) in [5.74, 6) is 0. The van der Waals surface area contributed by atoms with E-state index >= 15 is 0 Å². The Kier molecular flexibility index (Phi) is 13.8. The Morgan fingerprint density at radius 2 is 1.35 bits per heavy atom. The second-order valence-electron chi connectivity index (χ2n) is 6.72. The van der Waals surface area contributed by atoms with Crippen molar-refractivity contribution in [1.82, 2.24) is 5.32 Å². The van der Waals surface area contributed by atoms with Crippen molar-refractivity contribution in [3.8, 4) is 0 Å². The van der Waals surface area contributed by atoms with Crippen molar-refractivity contribution < 1.29 is 0 Å². The van der Waals surface area contributed by atoms with Crippen LogP contribution in [-0.4, -0.2) is 19.6 Å². The molecule has 122 valence electrons. The van der Waals surface area contributed by atoms with Gasteiger partial charge in [0.2, 0.25) is 0 Å². The molecule has 1 atom stereocenters. The van der Waals surface area contributed by atoms with Crippen molar-refractivity contribution in [3.05, 3.63) is 0 Å². The van der Waals surface area contributed by atoms with Crippen LogP contribution in [0.25, 0.3) is 0 Å². The maximum atomic E-state index is 5.51. The van der Waals surface area contributed by atoms with Crippen molar-refractivity contribution in [1.29, 1.82) is 0 Å². The summed E-state index contributed by atoms with van der Waals surface area (Å²) in [5, 5.41) is 3.42. The van der Waals surface area contributed by atoms with Crippen LogP contribution in [0.3, 0.4) is 0 Å². The summed E-state index contributed by atoms with van der Waals surface area (Å²) in [6, 6.07) is 0. The van der Waals surface area contributed by atoms with E-state index in [0.717, 1.165) is 19.6 Å². The molecule has 0 bridgehead atoms. The van der Waals surface area contributed by atoms with Crippen LogP contribution in [0.1, 0.15) is 91.4 Å². The summed E-state index contributed by atoms with van der Waals surface area (Å²) in [6.45, 7) is 9.97. The Labute approximate surface area is 128 Å². The van der Waals surface area contributed by atoms with E-state index in [2.05, 4.69) is 26.1 Å². The first kappa shape index (κ1) is 19.9. The monoisotopic (exact) mass is 284 g/mol. The maximum absolute atomic E-state index is 5.51. The first-order valence-electron chi connectivity index (χ1n) is 9.09. The summed E-state index contributed by atoms with van der Waals surface area (Å²) in [4.78, 5) is 0. The molecule has 0 aliphatic carbocycles. The molecule has 2 nitrogen and oxygen atoms in total. The maximum Gasteiger partial charge on any atom is 0.00745 e. The van der Waals surface area contributed by atoms with Gasteiger partial charge in [0.1, 0.15) is 0 Å². The van der Waals surface area contributed by atoms with Crippen LogP contribution < -0.4 is 11.1 Å². The minimum absolute atomic E-state index is 0.576. The number of unbranched alkanes of at least 4 members (excludes halogenated alkanes) is 5. The summed E-state index contributed by atoms with van der Waals surface area (Å²) in [7, 11) is 0. The Hall–Kier alpha value is -0.0800. The highest BCUT2D eigenvalue weighted by Crippen LogP contribution is 2.35. The third-order valence-electron chi connectivity index (χ3n) is 4.47. The lowest BCUT2D eigenvalue weighted by Gasteiger charge is -2.30. The first-order chi connectivity index (χ1) is 9.68. The molecule has 0 spiro atoms. The zero-order valence-electron chi connectivity index (χ0n) is 14.5. The van der Waals surface area contributed by atoms with Crippen molar-refractivity contribution in [3.63, 3.8) is 0 Å². The largest absolute Gasteiger partial charge is 0.329 e. The van der Waals surface area contributed by atoms with Crippen LogP contribution in [0.15, 0.2) is 0 Å². The fraction of sp³-hybridized carbons (Fsp3) is 1.00. The third-order valence-corrected chi connectivity index (χ3v) is 4.47. The van der Waals surface area contributed by atoms with Gasteiger partial charge in [-0.25, -0.2) is 0 Å². The lowest BCUT2D eigenvalue weighted by molar-refractivity contribution is 0.226. The molecule has 3 N–H and O–H groups in total. The molecule has 0 heterocycles. The van der Waals surface area contributed by atoms with Gasteiger partial charge in [0.25, 0.3) is 0 Å². The topological polar surface area (TPSA) is 38.0 Å². The van der Waals surface area contributed by atoms with Gasteiger partial charge in [-0.2, -0.15) is 0 Å². The summed E-state index contributed by atoms with van der Waals surface area (Å²) >= 11 is 0. The van der Waals surface area contributed by atoms with Gasteiger partial charge in [-0.1, -0.05) is 65.7 Å². The summed E-state index contributed by atoms with van der Waals surface area (Å²) < 4.78 is 0. The lowest BCUT2D eigenvalue weighted by Crippen LogP contribution is -2.25. The van der Waals surface area contributed by atoms with Gasteiger partial charge in [-0.15, -0.1) is 0 Å². The molecule has 0 aliphatic rings. The van der Waals surface area contributed by atoms with E-state index in [9.17, 15) is 0 Å². The van der Waals surface area contributed by atoms with Crippen molar-refractivity contribution >= 4 is 0 Å². The Morgan fingerprint density at radius 1 is 0.750 bits per heavy atom. The molecule has 1 unspecified atom stereocenters. The third kappa shape index (κ3) is 11.7. The van der Waals surface area contributed by atoms with Crippen LogP contribution in [0.4, 0.5) is 0 Å². The van der Waals surface area contributed by atoms with E-state index in [1.165, 1.54) is 70.6 Å². The van der Waals surface area contributed by atoms with Crippen LogP contribution >= 0.6 is 0 Å². The summed E-state index contributed by atoms with van der Waals surface area (Å²) in [5.41, 5.74) is 6.08. The zero-order valence-corrected chi connectivity index (χ0v) is 14.5. The van der Waals surface area contributed by atoms with Gasteiger partial charge in [0, 0.05) is 13.1 Å². The first-order valence-corrected chi connectivity index (χ1v) is 9.09. The van der Waals surface area contributed by atoms with E-state index < -0.39 is 0 Å². The average Bonchev–Trinajstić information content (AvgIpc) is 2.45. The van der Waals surface area contributed by atoms with Gasteiger partial charge in [-0.05, 0) is 37.6 Å². The van der Waals surface area contributed by atoms with Gasteiger partial charge >= 0.3 is 0 Å². The number of hydrogen-bond acceptors (Lipinski definition) is 2. The molecule has 0 saturated carbocycles. The number of rotatable bonds is 15. The molecule has 0 rings (SSSR count). The highest BCUT2D eigenvalue weighted by Gasteiger charge is 2.22.